The number of para-hydroxylation sites is 1. The molecule has 0 radical (unpaired) electrons. The van der Waals surface area contributed by atoms with Crippen molar-refractivity contribution in [3.05, 3.63) is 206 Å². The Bertz CT molecular complexity index is 3160. The standard InChI is InChI=1S/C53H34N2/c1-3-13-35(14-4-1)36-23-25-37(26-24-36)52-43-19-9-11-21-45(43)53(46-22-12-10-20-44(46)52)41-27-29-49(54-34-41)40-28-30-50-47(32-40)48-31-38-15-7-8-16-39(38)33-51(48)55(50)42-17-5-2-6-18-42/h1-34H. The van der Waals surface area contributed by atoms with Gasteiger partial charge in [-0.3, -0.25) is 4.98 Å². The Kier molecular flexibility index (Phi) is 7.21. The van der Waals surface area contributed by atoms with E-state index in [1.807, 2.05) is 0 Å². The average Bonchev–Trinajstić information content (AvgIpc) is 3.57. The number of hydrogen-bond donors (Lipinski definition) is 0. The quantitative estimate of drug-likeness (QED) is 0.164. The predicted octanol–water partition coefficient (Wildman–Crippen LogP) is 14.3. The number of fused-ring (bicyclic) bond motifs is 6. The van der Waals surface area contributed by atoms with E-state index in [-0.39, 0.29) is 0 Å². The van der Waals surface area contributed by atoms with Crippen molar-refractivity contribution in [2.75, 3.05) is 0 Å². The molecule has 11 aromatic rings. The Hall–Kier alpha value is -7.29. The van der Waals surface area contributed by atoms with Gasteiger partial charge in [0.25, 0.3) is 0 Å². The van der Waals surface area contributed by atoms with E-state index in [1.165, 1.54) is 81.9 Å². The van der Waals surface area contributed by atoms with Crippen LogP contribution in [-0.2, 0) is 0 Å². The van der Waals surface area contributed by atoms with Gasteiger partial charge in [0.15, 0.2) is 0 Å². The fourth-order valence-corrected chi connectivity index (χ4v) is 8.64. The third kappa shape index (κ3) is 5.15. The Morgan fingerprint density at radius 2 is 0.800 bits per heavy atom. The molecule has 11 rings (SSSR count). The van der Waals surface area contributed by atoms with Gasteiger partial charge in [0.1, 0.15) is 0 Å². The van der Waals surface area contributed by atoms with E-state index in [4.69, 9.17) is 4.98 Å². The molecule has 0 amide bonds. The summed E-state index contributed by atoms with van der Waals surface area (Å²) in [6, 6.07) is 72.4. The predicted molar refractivity (Wildman–Crippen MR) is 233 cm³/mol. The van der Waals surface area contributed by atoms with Gasteiger partial charge in [0, 0.05) is 33.8 Å². The van der Waals surface area contributed by atoms with Gasteiger partial charge in [-0.2, -0.15) is 0 Å². The van der Waals surface area contributed by atoms with Crippen LogP contribution in [0.15, 0.2) is 206 Å². The molecular weight excluding hydrogens is 665 g/mol. The molecule has 55 heavy (non-hydrogen) atoms. The summed E-state index contributed by atoms with van der Waals surface area (Å²) >= 11 is 0. The minimum atomic E-state index is 0.954. The highest BCUT2D eigenvalue weighted by Gasteiger charge is 2.18. The lowest BCUT2D eigenvalue weighted by molar-refractivity contribution is 1.18. The van der Waals surface area contributed by atoms with Gasteiger partial charge < -0.3 is 4.57 Å². The van der Waals surface area contributed by atoms with E-state index in [0.29, 0.717) is 0 Å². The molecule has 2 heteroatoms. The number of rotatable bonds is 5. The minimum absolute atomic E-state index is 0.954. The van der Waals surface area contributed by atoms with Crippen molar-refractivity contribution >= 4 is 54.1 Å². The van der Waals surface area contributed by atoms with E-state index >= 15 is 0 Å². The highest BCUT2D eigenvalue weighted by Crippen LogP contribution is 2.44. The lowest BCUT2D eigenvalue weighted by Crippen LogP contribution is -1.93. The van der Waals surface area contributed by atoms with Gasteiger partial charge in [-0.1, -0.05) is 158 Å². The molecule has 2 aromatic heterocycles. The van der Waals surface area contributed by atoms with Gasteiger partial charge >= 0.3 is 0 Å². The second-order valence-corrected chi connectivity index (χ2v) is 14.3. The number of pyridine rings is 1. The number of hydrogen-bond acceptors (Lipinski definition) is 1. The van der Waals surface area contributed by atoms with Crippen LogP contribution in [0.2, 0.25) is 0 Å². The summed E-state index contributed by atoms with van der Waals surface area (Å²) in [5, 5.41) is 9.86. The molecule has 0 bridgehead atoms. The minimum Gasteiger partial charge on any atom is -0.309 e. The fraction of sp³-hybridized carbons (Fsp3) is 0. The first-order valence-corrected chi connectivity index (χ1v) is 18.9. The molecule has 0 saturated carbocycles. The van der Waals surface area contributed by atoms with Crippen molar-refractivity contribution in [1.29, 1.82) is 0 Å². The van der Waals surface area contributed by atoms with Crippen LogP contribution in [0.4, 0.5) is 0 Å². The maximum atomic E-state index is 5.15. The molecule has 2 nitrogen and oxygen atoms in total. The summed E-state index contributed by atoms with van der Waals surface area (Å²) < 4.78 is 2.38. The van der Waals surface area contributed by atoms with E-state index in [9.17, 15) is 0 Å². The third-order valence-corrected chi connectivity index (χ3v) is 11.2. The zero-order valence-corrected chi connectivity index (χ0v) is 30.0. The van der Waals surface area contributed by atoms with Crippen molar-refractivity contribution in [2.24, 2.45) is 0 Å². The topological polar surface area (TPSA) is 17.8 Å². The monoisotopic (exact) mass is 698 g/mol. The van der Waals surface area contributed by atoms with Crippen molar-refractivity contribution < 1.29 is 0 Å². The molecular formula is C53H34N2. The molecule has 0 aliphatic heterocycles. The lowest BCUT2D eigenvalue weighted by atomic mass is 9.86. The Morgan fingerprint density at radius 3 is 1.44 bits per heavy atom. The average molecular weight is 699 g/mol. The lowest BCUT2D eigenvalue weighted by Gasteiger charge is -2.18. The summed E-state index contributed by atoms with van der Waals surface area (Å²) in [6.07, 6.45) is 2.06. The molecule has 0 spiro atoms. The normalized spacial score (nSPS) is 11.6. The third-order valence-electron chi connectivity index (χ3n) is 11.2. The van der Waals surface area contributed by atoms with Gasteiger partial charge in [-0.25, -0.2) is 0 Å². The molecule has 0 N–H and O–H groups in total. The second kappa shape index (κ2) is 12.7. The van der Waals surface area contributed by atoms with Crippen LogP contribution in [0.5, 0.6) is 0 Å². The molecule has 0 aliphatic carbocycles. The molecule has 256 valence electrons. The SMILES string of the molecule is c1ccc(-c2ccc(-c3c4ccccc4c(-c4ccc(-c5ccc6c(c5)c5cc7ccccc7cc5n6-c5ccccc5)nc4)c4ccccc34)cc2)cc1. The first-order valence-electron chi connectivity index (χ1n) is 18.9. The van der Waals surface area contributed by atoms with Crippen LogP contribution < -0.4 is 0 Å². The fourth-order valence-electron chi connectivity index (χ4n) is 8.64. The zero-order valence-electron chi connectivity index (χ0n) is 30.0. The zero-order chi connectivity index (χ0) is 36.3. The molecule has 0 aliphatic rings. The molecule has 0 fully saturated rings. The van der Waals surface area contributed by atoms with Crippen LogP contribution in [0, 0.1) is 0 Å². The van der Waals surface area contributed by atoms with Gasteiger partial charge in [-0.15, -0.1) is 0 Å². The highest BCUT2D eigenvalue weighted by atomic mass is 15.0. The van der Waals surface area contributed by atoms with Crippen LogP contribution in [0.1, 0.15) is 0 Å². The molecule has 0 saturated heterocycles. The van der Waals surface area contributed by atoms with Crippen LogP contribution in [0.3, 0.4) is 0 Å². The van der Waals surface area contributed by atoms with Crippen LogP contribution >= 0.6 is 0 Å². The number of nitrogens with zero attached hydrogens (tertiary/aromatic N) is 2. The first kappa shape index (κ1) is 31.3. The van der Waals surface area contributed by atoms with Crippen molar-refractivity contribution in [2.45, 2.75) is 0 Å². The van der Waals surface area contributed by atoms with Gasteiger partial charge in [0.2, 0.25) is 0 Å². The largest absolute Gasteiger partial charge is 0.309 e. The summed E-state index contributed by atoms with van der Waals surface area (Å²) in [6.45, 7) is 0. The van der Waals surface area contributed by atoms with E-state index in [1.54, 1.807) is 0 Å². The van der Waals surface area contributed by atoms with Crippen LogP contribution in [0.25, 0.3) is 104 Å². The second-order valence-electron chi connectivity index (χ2n) is 14.3. The van der Waals surface area contributed by atoms with E-state index < -0.39 is 0 Å². The Balaban J connectivity index is 1.04. The smallest absolute Gasteiger partial charge is 0.0702 e. The first-order chi connectivity index (χ1) is 27.3. The maximum Gasteiger partial charge on any atom is 0.0702 e. The number of benzene rings is 9. The summed E-state index contributed by atoms with van der Waals surface area (Å²) in [7, 11) is 0. The summed E-state index contributed by atoms with van der Waals surface area (Å²) in [5.74, 6) is 0. The van der Waals surface area contributed by atoms with Gasteiger partial charge in [0.05, 0.1) is 16.7 Å². The molecule has 9 aromatic carbocycles. The van der Waals surface area contributed by atoms with Crippen molar-refractivity contribution in [1.82, 2.24) is 9.55 Å². The summed E-state index contributed by atoms with van der Waals surface area (Å²) in [5.41, 5.74) is 12.8. The molecule has 0 unspecified atom stereocenters. The van der Waals surface area contributed by atoms with E-state index in [2.05, 4.69) is 211 Å². The van der Waals surface area contributed by atoms with Gasteiger partial charge in [-0.05, 0) is 103 Å². The Morgan fingerprint density at radius 1 is 0.309 bits per heavy atom. The molecule has 0 atom stereocenters. The Labute approximate surface area is 319 Å². The van der Waals surface area contributed by atoms with E-state index in [0.717, 1.165) is 22.5 Å². The molecule has 2 heterocycles. The van der Waals surface area contributed by atoms with Crippen molar-refractivity contribution in [3.63, 3.8) is 0 Å². The van der Waals surface area contributed by atoms with Crippen LogP contribution in [-0.4, -0.2) is 9.55 Å². The highest BCUT2D eigenvalue weighted by molar-refractivity contribution is 6.21. The maximum absolute atomic E-state index is 5.15. The summed E-state index contributed by atoms with van der Waals surface area (Å²) in [4.78, 5) is 5.15. The van der Waals surface area contributed by atoms with Crippen molar-refractivity contribution in [3.8, 4) is 50.3 Å². The number of aromatic nitrogens is 2.